The van der Waals surface area contributed by atoms with Crippen molar-refractivity contribution in [3.63, 3.8) is 0 Å². The average molecular weight is 420 g/mol. The van der Waals surface area contributed by atoms with Crippen molar-refractivity contribution in [2.45, 2.75) is 31.3 Å². The highest BCUT2D eigenvalue weighted by Gasteiger charge is 2.45. The van der Waals surface area contributed by atoms with Crippen LogP contribution in [-0.2, 0) is 16.1 Å². The summed E-state index contributed by atoms with van der Waals surface area (Å²) in [5.41, 5.74) is 2.09. The molecule has 1 unspecified atom stereocenters. The van der Waals surface area contributed by atoms with Gasteiger partial charge in [-0.15, -0.1) is 0 Å². The van der Waals surface area contributed by atoms with Gasteiger partial charge in [-0.05, 0) is 24.1 Å². The van der Waals surface area contributed by atoms with Gasteiger partial charge in [0.15, 0.2) is 0 Å². The number of hydrogen-bond acceptors (Lipinski definition) is 8. The van der Waals surface area contributed by atoms with Crippen molar-refractivity contribution in [1.29, 1.82) is 0 Å². The summed E-state index contributed by atoms with van der Waals surface area (Å²) < 4.78 is 0. The molecular formula is C21H20N6O4. The number of amides is 4. The quantitative estimate of drug-likeness (QED) is 0.583. The first kappa shape index (κ1) is 19.3. The number of nitrogens with zero attached hydrogens (tertiary/aromatic N) is 3. The fourth-order valence-corrected chi connectivity index (χ4v) is 4.09. The van der Waals surface area contributed by atoms with E-state index in [1.54, 1.807) is 24.4 Å². The number of aromatic nitrogens is 2. The molecule has 1 aromatic carbocycles. The third-order valence-corrected chi connectivity index (χ3v) is 5.87. The molecule has 0 spiro atoms. The number of carbonyl (C=O) groups is 4. The van der Waals surface area contributed by atoms with Gasteiger partial charge in [0.05, 0.1) is 16.8 Å². The SMILES string of the molecule is O=C1CCC(N2C(=O)c3cccc(CNc4nccc(C5CNC5)n4)c3C2=O)C(=O)N1. The van der Waals surface area contributed by atoms with Crippen LogP contribution in [0.25, 0.3) is 0 Å². The van der Waals surface area contributed by atoms with E-state index in [4.69, 9.17) is 0 Å². The maximum absolute atomic E-state index is 13.1. The summed E-state index contributed by atoms with van der Waals surface area (Å²) in [5.74, 6) is -1.26. The van der Waals surface area contributed by atoms with Crippen molar-refractivity contribution < 1.29 is 19.2 Å². The Kier molecular flexibility index (Phi) is 4.70. The van der Waals surface area contributed by atoms with Crippen LogP contribution in [0, 0.1) is 0 Å². The lowest BCUT2D eigenvalue weighted by Crippen LogP contribution is -2.54. The fourth-order valence-electron chi connectivity index (χ4n) is 4.09. The maximum Gasteiger partial charge on any atom is 0.262 e. The number of rotatable bonds is 5. The Morgan fingerprint density at radius 3 is 2.68 bits per heavy atom. The van der Waals surface area contributed by atoms with Gasteiger partial charge in [-0.3, -0.25) is 29.4 Å². The Bertz CT molecular complexity index is 1110. The Hall–Kier alpha value is -3.66. The first-order valence-electron chi connectivity index (χ1n) is 10.1. The third-order valence-electron chi connectivity index (χ3n) is 5.87. The molecule has 0 aliphatic carbocycles. The summed E-state index contributed by atoms with van der Waals surface area (Å²) in [6.45, 7) is 2.02. The Morgan fingerprint density at radius 1 is 1.10 bits per heavy atom. The molecule has 2 saturated heterocycles. The topological polar surface area (TPSA) is 133 Å². The van der Waals surface area contributed by atoms with Gasteiger partial charge in [-0.1, -0.05) is 12.1 Å². The zero-order chi connectivity index (χ0) is 21.5. The minimum Gasteiger partial charge on any atom is -0.350 e. The number of piperidine rings is 1. The standard InChI is InChI=1S/C21H20N6O4/c28-16-5-4-15(18(29)26-16)27-19(30)13-3-1-2-11(17(13)20(27)31)10-24-21-23-7-6-14(25-21)12-8-22-9-12/h1-3,6-7,12,15,22H,4-5,8-10H2,(H,23,24,25)(H,26,28,29). The first-order valence-corrected chi connectivity index (χ1v) is 10.1. The second kappa shape index (κ2) is 7.55. The second-order valence-corrected chi connectivity index (χ2v) is 7.80. The monoisotopic (exact) mass is 420 g/mol. The van der Waals surface area contributed by atoms with Crippen LogP contribution in [0.1, 0.15) is 50.7 Å². The summed E-state index contributed by atoms with van der Waals surface area (Å²) in [5, 5.41) is 8.54. The normalized spacial score (nSPS) is 21.0. The van der Waals surface area contributed by atoms with Crippen molar-refractivity contribution >= 4 is 29.6 Å². The summed E-state index contributed by atoms with van der Waals surface area (Å²) >= 11 is 0. The predicted molar refractivity (Wildman–Crippen MR) is 108 cm³/mol. The highest BCUT2D eigenvalue weighted by molar-refractivity contribution is 6.24. The van der Waals surface area contributed by atoms with E-state index in [2.05, 4.69) is 25.9 Å². The number of hydrogen-bond donors (Lipinski definition) is 3. The Balaban J connectivity index is 1.37. The smallest absolute Gasteiger partial charge is 0.262 e. The molecule has 4 heterocycles. The number of carbonyl (C=O) groups excluding carboxylic acids is 4. The van der Waals surface area contributed by atoms with Crippen molar-refractivity contribution in [1.82, 2.24) is 25.5 Å². The summed E-state index contributed by atoms with van der Waals surface area (Å²) in [4.78, 5) is 59.4. The molecule has 5 rings (SSSR count). The van der Waals surface area contributed by atoms with E-state index in [0.717, 1.165) is 23.7 Å². The highest BCUT2D eigenvalue weighted by atomic mass is 16.2. The number of fused-ring (bicyclic) bond motifs is 1. The van der Waals surface area contributed by atoms with Crippen LogP contribution in [0.3, 0.4) is 0 Å². The molecule has 31 heavy (non-hydrogen) atoms. The summed E-state index contributed by atoms with van der Waals surface area (Å²) in [6.07, 6.45) is 1.90. The summed E-state index contributed by atoms with van der Waals surface area (Å²) in [6, 6.07) is 5.93. The molecule has 0 bridgehead atoms. The maximum atomic E-state index is 13.1. The number of nitrogens with one attached hydrogen (secondary N) is 3. The fraction of sp³-hybridized carbons (Fsp3) is 0.333. The molecule has 10 heteroatoms. The van der Waals surface area contributed by atoms with Gasteiger partial charge in [0.25, 0.3) is 11.8 Å². The van der Waals surface area contributed by atoms with Gasteiger partial charge in [-0.25, -0.2) is 9.97 Å². The van der Waals surface area contributed by atoms with Crippen molar-refractivity contribution in [2.24, 2.45) is 0 Å². The molecule has 0 saturated carbocycles. The van der Waals surface area contributed by atoms with Crippen LogP contribution in [0.4, 0.5) is 5.95 Å². The van der Waals surface area contributed by atoms with Gasteiger partial charge in [-0.2, -0.15) is 0 Å². The number of benzene rings is 1. The van der Waals surface area contributed by atoms with Crippen molar-refractivity contribution in [3.8, 4) is 0 Å². The lowest BCUT2D eigenvalue weighted by molar-refractivity contribution is -0.136. The minimum atomic E-state index is -0.984. The molecule has 2 fully saturated rings. The number of anilines is 1. The van der Waals surface area contributed by atoms with E-state index >= 15 is 0 Å². The molecule has 0 radical (unpaired) electrons. The zero-order valence-electron chi connectivity index (χ0n) is 16.6. The molecule has 1 atom stereocenters. The minimum absolute atomic E-state index is 0.0857. The van der Waals surface area contributed by atoms with E-state index in [1.165, 1.54) is 0 Å². The predicted octanol–water partition coefficient (Wildman–Crippen LogP) is 0.177. The Morgan fingerprint density at radius 2 is 1.94 bits per heavy atom. The van der Waals surface area contributed by atoms with Crippen LogP contribution in [0.2, 0.25) is 0 Å². The third kappa shape index (κ3) is 3.34. The van der Waals surface area contributed by atoms with E-state index in [1.807, 2.05) is 6.07 Å². The van der Waals surface area contributed by atoms with Crippen LogP contribution in [0.15, 0.2) is 30.5 Å². The second-order valence-electron chi connectivity index (χ2n) is 7.80. The summed E-state index contributed by atoms with van der Waals surface area (Å²) in [7, 11) is 0. The van der Waals surface area contributed by atoms with Gasteiger partial charge < -0.3 is 10.6 Å². The molecule has 3 aliphatic heterocycles. The highest BCUT2D eigenvalue weighted by Crippen LogP contribution is 2.30. The molecule has 2 aromatic rings. The van der Waals surface area contributed by atoms with Crippen molar-refractivity contribution in [3.05, 3.63) is 52.8 Å². The molecule has 4 amide bonds. The lowest BCUT2D eigenvalue weighted by Gasteiger charge is -2.27. The Labute approximate surface area is 177 Å². The largest absolute Gasteiger partial charge is 0.350 e. The molecule has 1 aromatic heterocycles. The number of imide groups is 2. The van der Waals surface area contributed by atoms with Gasteiger partial charge in [0.2, 0.25) is 17.8 Å². The molecule has 158 valence electrons. The van der Waals surface area contributed by atoms with E-state index in [0.29, 0.717) is 17.4 Å². The van der Waals surface area contributed by atoms with Gasteiger partial charge in [0, 0.05) is 38.2 Å². The average Bonchev–Trinajstić information content (AvgIpc) is 2.97. The van der Waals surface area contributed by atoms with Gasteiger partial charge >= 0.3 is 0 Å². The van der Waals surface area contributed by atoms with E-state index in [-0.39, 0.29) is 30.5 Å². The lowest BCUT2D eigenvalue weighted by atomic mass is 9.99. The molecular weight excluding hydrogens is 400 g/mol. The van der Waals surface area contributed by atoms with E-state index < -0.39 is 29.7 Å². The van der Waals surface area contributed by atoms with Crippen LogP contribution in [0.5, 0.6) is 0 Å². The van der Waals surface area contributed by atoms with Crippen LogP contribution in [-0.4, -0.2) is 57.6 Å². The first-order chi connectivity index (χ1) is 15.0. The molecule has 3 N–H and O–H groups in total. The van der Waals surface area contributed by atoms with Crippen molar-refractivity contribution in [2.75, 3.05) is 18.4 Å². The van der Waals surface area contributed by atoms with Crippen LogP contribution >= 0.6 is 0 Å². The van der Waals surface area contributed by atoms with E-state index in [9.17, 15) is 19.2 Å². The van der Waals surface area contributed by atoms with Gasteiger partial charge in [0.1, 0.15) is 6.04 Å². The molecule has 10 nitrogen and oxygen atoms in total. The molecule has 3 aliphatic rings. The zero-order valence-corrected chi connectivity index (χ0v) is 16.6. The van der Waals surface area contributed by atoms with Crippen LogP contribution < -0.4 is 16.0 Å².